The maximum absolute atomic E-state index is 6.43. The zero-order valence-corrected chi connectivity index (χ0v) is 17.4. The first kappa shape index (κ1) is 19.5. The highest BCUT2D eigenvalue weighted by atomic mass is 16.7. The summed E-state index contributed by atoms with van der Waals surface area (Å²) in [6.45, 7) is 19.1. The van der Waals surface area contributed by atoms with E-state index in [2.05, 4.69) is 74.5 Å². The summed E-state index contributed by atoms with van der Waals surface area (Å²) in [5.74, 6) is 0.188. The minimum Gasteiger partial charge on any atom is -0.403 e. The van der Waals surface area contributed by atoms with Crippen LogP contribution < -0.4 is 0 Å². The Bertz CT molecular complexity index is 538. The van der Waals surface area contributed by atoms with E-state index in [0.29, 0.717) is 0 Å². The fourth-order valence-electron chi connectivity index (χ4n) is 3.96. The maximum Gasteiger partial charge on any atom is 0.468 e. The van der Waals surface area contributed by atoms with E-state index in [1.54, 1.807) is 0 Å². The molecule has 0 amide bonds. The van der Waals surface area contributed by atoms with Gasteiger partial charge in [-0.1, -0.05) is 25.5 Å². The van der Waals surface area contributed by atoms with Crippen LogP contribution in [0.25, 0.3) is 0 Å². The van der Waals surface area contributed by atoms with Gasteiger partial charge in [-0.15, -0.1) is 0 Å². The summed E-state index contributed by atoms with van der Waals surface area (Å²) < 4.78 is 25.7. The average Bonchev–Trinajstić information content (AvgIpc) is 2.73. The molecule has 0 aromatic rings. The van der Waals surface area contributed by atoms with Crippen molar-refractivity contribution in [2.45, 2.75) is 109 Å². The molecule has 4 nitrogen and oxygen atoms in total. The van der Waals surface area contributed by atoms with Crippen molar-refractivity contribution in [1.82, 2.24) is 0 Å². The van der Waals surface area contributed by atoms with Gasteiger partial charge in [0.05, 0.1) is 22.4 Å². The van der Waals surface area contributed by atoms with Crippen LogP contribution in [-0.2, 0) is 18.6 Å². The molecule has 2 heterocycles. The van der Waals surface area contributed by atoms with E-state index in [1.165, 1.54) is 0 Å². The van der Waals surface area contributed by atoms with Gasteiger partial charge in [-0.3, -0.25) is 0 Å². The van der Waals surface area contributed by atoms with Crippen LogP contribution in [0.1, 0.15) is 75.2 Å². The first-order valence-electron chi connectivity index (χ1n) is 9.67. The molecule has 140 valence electrons. The average molecular weight is 348 g/mol. The van der Waals surface area contributed by atoms with Gasteiger partial charge in [0, 0.05) is 11.1 Å². The normalized spacial score (nSPS) is 35.7. The summed E-state index contributed by atoms with van der Waals surface area (Å²) in [6.07, 6.45) is 6.35. The summed E-state index contributed by atoms with van der Waals surface area (Å²) in [5, 5.41) is -0.193. The Morgan fingerprint density at radius 1 is 0.800 bits per heavy atom. The standard InChI is InChI=1S/C19H34B2O4/c1-10-14(20-22-15(2,3)16(4,5)23-20)19(12-11-13-19)21-24-17(6,7)18(8,9)25-21/h11-12,14H,10,13H2,1-9H3/t14-,19-/m0/s1. The number of rotatable bonds is 4. The van der Waals surface area contributed by atoms with Crippen LogP contribution in [-0.4, -0.2) is 36.6 Å². The Morgan fingerprint density at radius 2 is 1.20 bits per heavy atom. The van der Waals surface area contributed by atoms with Crippen molar-refractivity contribution in [2.75, 3.05) is 0 Å². The van der Waals surface area contributed by atoms with Crippen molar-refractivity contribution in [3.8, 4) is 0 Å². The van der Waals surface area contributed by atoms with Gasteiger partial charge in [0.25, 0.3) is 0 Å². The first-order chi connectivity index (χ1) is 11.3. The molecule has 0 N–H and O–H groups in total. The number of hydrogen-bond donors (Lipinski definition) is 0. The highest BCUT2D eigenvalue weighted by Gasteiger charge is 2.66. The monoisotopic (exact) mass is 348 g/mol. The third-order valence-electron chi connectivity index (χ3n) is 7.32. The van der Waals surface area contributed by atoms with Gasteiger partial charge in [0.15, 0.2) is 0 Å². The molecule has 0 bridgehead atoms. The van der Waals surface area contributed by atoms with E-state index >= 15 is 0 Å². The zero-order chi connectivity index (χ0) is 18.9. The molecule has 2 atom stereocenters. The highest BCUT2D eigenvalue weighted by Crippen LogP contribution is 2.62. The topological polar surface area (TPSA) is 36.9 Å². The van der Waals surface area contributed by atoms with Crippen molar-refractivity contribution in [3.05, 3.63) is 12.2 Å². The molecule has 2 fully saturated rings. The van der Waals surface area contributed by atoms with E-state index in [4.69, 9.17) is 18.6 Å². The van der Waals surface area contributed by atoms with E-state index < -0.39 is 0 Å². The second kappa shape index (κ2) is 5.60. The molecule has 3 rings (SSSR count). The lowest BCUT2D eigenvalue weighted by Crippen LogP contribution is -2.46. The van der Waals surface area contributed by atoms with Crippen LogP contribution in [0, 0.1) is 0 Å². The quantitative estimate of drug-likeness (QED) is 0.547. The smallest absolute Gasteiger partial charge is 0.403 e. The zero-order valence-electron chi connectivity index (χ0n) is 17.4. The van der Waals surface area contributed by atoms with Crippen LogP contribution in [0.15, 0.2) is 12.2 Å². The van der Waals surface area contributed by atoms with Crippen LogP contribution in [0.5, 0.6) is 0 Å². The summed E-state index contributed by atoms with van der Waals surface area (Å²) in [7, 11) is -0.523. The second-order valence-electron chi connectivity index (χ2n) is 9.95. The predicted molar refractivity (Wildman–Crippen MR) is 103 cm³/mol. The summed E-state index contributed by atoms with van der Waals surface area (Å²) >= 11 is 0. The van der Waals surface area contributed by atoms with Crippen LogP contribution in [0.2, 0.25) is 11.1 Å². The molecule has 0 saturated carbocycles. The molecule has 0 radical (unpaired) electrons. The molecule has 1 aliphatic carbocycles. The third-order valence-corrected chi connectivity index (χ3v) is 7.32. The molecule has 0 spiro atoms. The lowest BCUT2D eigenvalue weighted by atomic mass is 9.38. The van der Waals surface area contributed by atoms with E-state index in [-0.39, 0.29) is 47.8 Å². The van der Waals surface area contributed by atoms with Gasteiger partial charge >= 0.3 is 14.2 Å². The van der Waals surface area contributed by atoms with Crippen molar-refractivity contribution in [3.63, 3.8) is 0 Å². The number of hydrogen-bond acceptors (Lipinski definition) is 4. The molecule has 0 unspecified atom stereocenters. The van der Waals surface area contributed by atoms with Crippen molar-refractivity contribution >= 4 is 14.2 Å². The van der Waals surface area contributed by atoms with E-state index in [9.17, 15) is 0 Å². The summed E-state index contributed by atoms with van der Waals surface area (Å²) in [5.41, 5.74) is -1.31. The lowest BCUT2D eigenvalue weighted by Gasteiger charge is -2.44. The van der Waals surface area contributed by atoms with Gasteiger partial charge in [-0.25, -0.2) is 0 Å². The molecule has 3 aliphatic rings. The molecule has 25 heavy (non-hydrogen) atoms. The SMILES string of the molecule is CC[C@H](B1OC(C)(C)C(C)(C)O1)[C@]1(B2OC(C)(C)C(C)(C)O2)C=CC1. The molecule has 2 saturated heterocycles. The number of allylic oxidation sites excluding steroid dienone is 2. The minimum absolute atomic E-state index is 0.188. The van der Waals surface area contributed by atoms with Gasteiger partial charge in [-0.2, -0.15) is 0 Å². The fraction of sp³-hybridized carbons (Fsp3) is 0.895. The molecular formula is C19H34B2O4. The van der Waals surface area contributed by atoms with Gasteiger partial charge < -0.3 is 18.6 Å². The first-order valence-corrected chi connectivity index (χ1v) is 9.67. The Hall–Kier alpha value is -0.290. The molecular weight excluding hydrogens is 314 g/mol. The summed E-state index contributed by atoms with van der Waals surface area (Å²) in [6, 6.07) is 0. The van der Waals surface area contributed by atoms with Crippen LogP contribution in [0.4, 0.5) is 0 Å². The Morgan fingerprint density at radius 3 is 1.52 bits per heavy atom. The summed E-state index contributed by atoms with van der Waals surface area (Å²) in [4.78, 5) is 0. The largest absolute Gasteiger partial charge is 0.468 e. The molecule has 2 aliphatic heterocycles. The van der Waals surface area contributed by atoms with Crippen LogP contribution in [0.3, 0.4) is 0 Å². The Balaban J connectivity index is 1.89. The van der Waals surface area contributed by atoms with Crippen molar-refractivity contribution < 1.29 is 18.6 Å². The maximum atomic E-state index is 6.43. The van der Waals surface area contributed by atoms with Crippen molar-refractivity contribution in [1.29, 1.82) is 0 Å². The Kier molecular flexibility index (Phi) is 4.37. The van der Waals surface area contributed by atoms with E-state index in [0.717, 1.165) is 12.8 Å². The van der Waals surface area contributed by atoms with Gasteiger partial charge in [0.2, 0.25) is 0 Å². The van der Waals surface area contributed by atoms with Crippen LogP contribution >= 0.6 is 0 Å². The third kappa shape index (κ3) is 2.75. The Labute approximate surface area is 154 Å². The van der Waals surface area contributed by atoms with Gasteiger partial charge in [0.1, 0.15) is 0 Å². The molecule has 0 aromatic carbocycles. The second-order valence-corrected chi connectivity index (χ2v) is 9.95. The van der Waals surface area contributed by atoms with Gasteiger partial charge in [-0.05, 0) is 61.8 Å². The van der Waals surface area contributed by atoms with Crippen molar-refractivity contribution in [2.24, 2.45) is 0 Å². The van der Waals surface area contributed by atoms with E-state index in [1.807, 2.05) is 0 Å². The molecule has 6 heteroatoms. The highest BCUT2D eigenvalue weighted by molar-refractivity contribution is 6.57. The predicted octanol–water partition coefficient (Wildman–Crippen LogP) is 4.65. The minimum atomic E-state index is -0.331. The lowest BCUT2D eigenvalue weighted by molar-refractivity contribution is 0.00578. The molecule has 0 aromatic heterocycles. The fourth-order valence-corrected chi connectivity index (χ4v) is 3.96.